The molecular formula is C8H12NP. The largest absolute Gasteiger partial charge is 0.257 e. The van der Waals surface area contributed by atoms with Crippen LogP contribution in [0, 0.1) is 0 Å². The minimum absolute atomic E-state index is 1.13. The van der Waals surface area contributed by atoms with E-state index in [-0.39, 0.29) is 0 Å². The molecule has 0 saturated carbocycles. The van der Waals surface area contributed by atoms with Crippen molar-refractivity contribution >= 4 is 18.6 Å². The van der Waals surface area contributed by atoms with E-state index in [1.807, 2.05) is 24.4 Å². The quantitative estimate of drug-likeness (QED) is 0.556. The first-order valence-electron chi connectivity index (χ1n) is 3.20. The van der Waals surface area contributed by atoms with Crippen LogP contribution in [0.3, 0.4) is 0 Å². The highest BCUT2D eigenvalue weighted by Crippen LogP contribution is 2.31. The van der Waals surface area contributed by atoms with Gasteiger partial charge >= 0.3 is 0 Å². The summed E-state index contributed by atoms with van der Waals surface area (Å²) in [4.78, 5) is 4.24. The molecule has 0 amide bonds. The minimum atomic E-state index is -1.13. The van der Waals surface area contributed by atoms with Crippen molar-refractivity contribution in [2.75, 3.05) is 13.3 Å². The topological polar surface area (TPSA) is 12.9 Å². The zero-order valence-electron chi connectivity index (χ0n) is 6.41. The van der Waals surface area contributed by atoms with Gasteiger partial charge in [0.25, 0.3) is 0 Å². The molecule has 2 heteroatoms. The Hall–Kier alpha value is -0.550. The molecular weight excluding hydrogens is 141 g/mol. The Balaban J connectivity index is 3.09. The van der Waals surface area contributed by atoms with E-state index in [9.17, 15) is 0 Å². The van der Waals surface area contributed by atoms with Crippen LogP contribution in [0.2, 0.25) is 0 Å². The second-order valence-corrected chi connectivity index (χ2v) is 6.70. The van der Waals surface area contributed by atoms with Gasteiger partial charge in [-0.25, -0.2) is 0 Å². The second kappa shape index (κ2) is 2.59. The molecule has 1 aromatic rings. The molecule has 0 aliphatic heterocycles. The predicted octanol–water partition coefficient (Wildman–Crippen LogP) is 1.42. The maximum absolute atomic E-state index is 4.24. The van der Waals surface area contributed by atoms with Gasteiger partial charge in [-0.15, -0.1) is 0 Å². The van der Waals surface area contributed by atoms with Gasteiger partial charge < -0.3 is 0 Å². The van der Waals surface area contributed by atoms with E-state index in [1.54, 1.807) is 0 Å². The smallest absolute Gasteiger partial charge is 0.0615 e. The molecule has 10 heavy (non-hydrogen) atoms. The maximum Gasteiger partial charge on any atom is 0.0615 e. The van der Waals surface area contributed by atoms with Crippen molar-refractivity contribution in [1.29, 1.82) is 0 Å². The Morgan fingerprint density at radius 1 is 1.40 bits per heavy atom. The highest BCUT2D eigenvalue weighted by molar-refractivity contribution is 7.79. The van der Waals surface area contributed by atoms with E-state index in [0.717, 1.165) is 5.44 Å². The van der Waals surface area contributed by atoms with E-state index in [1.165, 1.54) is 0 Å². The summed E-state index contributed by atoms with van der Waals surface area (Å²) in [7, 11) is 0. The third-order valence-electron chi connectivity index (χ3n) is 1.27. The summed E-state index contributed by atoms with van der Waals surface area (Å²) in [5.41, 5.74) is 1.15. The molecule has 0 spiro atoms. The highest BCUT2D eigenvalue weighted by atomic mass is 31.2. The first kappa shape index (κ1) is 7.56. The van der Waals surface area contributed by atoms with E-state index in [4.69, 9.17) is 0 Å². The molecule has 1 rings (SSSR count). The molecule has 0 unspecified atom stereocenters. The molecule has 0 bridgehead atoms. The summed E-state index contributed by atoms with van der Waals surface area (Å²) in [6.07, 6.45) is 5.91. The van der Waals surface area contributed by atoms with Gasteiger partial charge in [-0.1, -0.05) is 19.3 Å². The van der Waals surface area contributed by atoms with Crippen molar-refractivity contribution in [3.63, 3.8) is 0 Å². The lowest BCUT2D eigenvalue weighted by molar-refractivity contribution is 1.39. The van der Waals surface area contributed by atoms with Gasteiger partial charge in [-0.3, -0.25) is 4.98 Å². The molecule has 0 N–H and O–H groups in total. The van der Waals surface area contributed by atoms with Crippen LogP contribution >= 0.6 is 6.89 Å². The van der Waals surface area contributed by atoms with Crippen LogP contribution in [0.5, 0.6) is 0 Å². The third kappa shape index (κ3) is 1.71. The molecule has 0 saturated heterocycles. The van der Waals surface area contributed by atoms with Crippen LogP contribution in [0.1, 0.15) is 0 Å². The average molecular weight is 153 g/mol. The summed E-state index contributed by atoms with van der Waals surface area (Å²) in [5, 5.41) is 0. The van der Waals surface area contributed by atoms with Crippen LogP contribution in [0.4, 0.5) is 0 Å². The number of aromatic nitrogens is 1. The summed E-state index contributed by atoms with van der Waals surface area (Å²) >= 11 is 0. The van der Waals surface area contributed by atoms with Crippen molar-refractivity contribution in [3.05, 3.63) is 24.4 Å². The SMILES string of the molecule is C=P(C)(C)c1ccccn1. The molecule has 0 aliphatic carbocycles. The van der Waals surface area contributed by atoms with Crippen molar-refractivity contribution in [3.8, 4) is 0 Å². The molecule has 1 heterocycles. The number of hydrogen-bond acceptors (Lipinski definition) is 1. The Labute approximate surface area is 62.1 Å². The Kier molecular flexibility index (Phi) is 1.96. The van der Waals surface area contributed by atoms with E-state index < -0.39 is 6.89 Å². The lowest BCUT2D eigenvalue weighted by Crippen LogP contribution is -2.06. The first-order valence-corrected chi connectivity index (χ1v) is 6.07. The van der Waals surface area contributed by atoms with Gasteiger partial charge in [0.1, 0.15) is 0 Å². The zero-order valence-corrected chi connectivity index (χ0v) is 7.31. The zero-order chi connectivity index (χ0) is 7.61. The number of nitrogens with zero attached hydrogens (tertiary/aromatic N) is 1. The van der Waals surface area contributed by atoms with Crippen LogP contribution in [0.15, 0.2) is 24.4 Å². The van der Waals surface area contributed by atoms with Crippen LogP contribution in [-0.4, -0.2) is 24.6 Å². The lowest BCUT2D eigenvalue weighted by atomic mass is 10.5. The second-order valence-electron chi connectivity index (χ2n) is 2.87. The fourth-order valence-electron chi connectivity index (χ4n) is 0.712. The van der Waals surface area contributed by atoms with Crippen LogP contribution in [-0.2, 0) is 0 Å². The third-order valence-corrected chi connectivity index (χ3v) is 2.77. The fraction of sp³-hybridized carbons (Fsp3) is 0.250. The normalized spacial score (nSPS) is 11.4. The molecule has 0 fully saturated rings. The van der Waals surface area contributed by atoms with Crippen molar-refractivity contribution in [2.45, 2.75) is 0 Å². The molecule has 0 atom stereocenters. The van der Waals surface area contributed by atoms with E-state index in [0.29, 0.717) is 0 Å². The molecule has 1 nitrogen and oxygen atoms in total. The Morgan fingerprint density at radius 3 is 2.40 bits per heavy atom. The monoisotopic (exact) mass is 153 g/mol. The van der Waals surface area contributed by atoms with Gasteiger partial charge in [-0.2, -0.15) is 0 Å². The van der Waals surface area contributed by atoms with Crippen molar-refractivity contribution in [1.82, 2.24) is 4.98 Å². The van der Waals surface area contributed by atoms with E-state index in [2.05, 4.69) is 24.6 Å². The van der Waals surface area contributed by atoms with Gasteiger partial charge in [0.15, 0.2) is 0 Å². The maximum atomic E-state index is 4.24. The van der Waals surface area contributed by atoms with Gasteiger partial charge in [0.05, 0.1) is 5.44 Å². The summed E-state index contributed by atoms with van der Waals surface area (Å²) in [6.45, 7) is 3.19. The van der Waals surface area contributed by atoms with Crippen LogP contribution < -0.4 is 5.44 Å². The lowest BCUT2D eigenvalue weighted by Gasteiger charge is -2.09. The van der Waals surface area contributed by atoms with Gasteiger partial charge in [0.2, 0.25) is 0 Å². The van der Waals surface area contributed by atoms with Crippen molar-refractivity contribution in [2.24, 2.45) is 0 Å². The van der Waals surface area contributed by atoms with Gasteiger partial charge in [-0.05, 0) is 25.5 Å². The molecule has 54 valence electrons. The minimum Gasteiger partial charge on any atom is -0.257 e. The average Bonchev–Trinajstić information content (AvgIpc) is 1.88. The van der Waals surface area contributed by atoms with Crippen molar-refractivity contribution < 1.29 is 0 Å². The number of hydrogen-bond donors (Lipinski definition) is 0. The molecule has 0 aliphatic rings. The molecule has 1 aromatic heterocycles. The fourth-order valence-corrected chi connectivity index (χ4v) is 1.58. The molecule has 0 radical (unpaired) electrons. The summed E-state index contributed by atoms with van der Waals surface area (Å²) in [5.74, 6) is 0. The Morgan fingerprint density at radius 2 is 2.10 bits per heavy atom. The highest BCUT2D eigenvalue weighted by Gasteiger charge is 2.02. The predicted molar refractivity (Wildman–Crippen MR) is 49.8 cm³/mol. The number of pyridine rings is 1. The summed E-state index contributed by atoms with van der Waals surface area (Å²) in [6, 6.07) is 5.98. The first-order chi connectivity index (χ1) is 4.61. The standard InChI is InChI=1S/C8H12NP/c1-10(2,3)8-6-4-5-7-9-8/h4-7H,1H2,2-3H3. The van der Waals surface area contributed by atoms with E-state index >= 15 is 0 Å². The summed E-state index contributed by atoms with van der Waals surface area (Å²) < 4.78 is 0. The number of rotatable bonds is 1. The molecule has 0 aromatic carbocycles. The Bertz CT molecular complexity index is 247. The van der Waals surface area contributed by atoms with Crippen LogP contribution in [0.25, 0.3) is 0 Å². The van der Waals surface area contributed by atoms with Gasteiger partial charge in [0, 0.05) is 6.20 Å².